The van der Waals surface area contributed by atoms with Gasteiger partial charge in [0.1, 0.15) is 0 Å². The van der Waals surface area contributed by atoms with Crippen LogP contribution in [-0.2, 0) is 13.1 Å². The first kappa shape index (κ1) is 14.9. The molecule has 0 aliphatic heterocycles. The topological polar surface area (TPSA) is 27.0 Å². The summed E-state index contributed by atoms with van der Waals surface area (Å²) in [4.78, 5) is 2.30. The van der Waals surface area contributed by atoms with Gasteiger partial charge in [-0.2, -0.15) is 5.26 Å². The Balaban J connectivity index is 1.91. The zero-order chi connectivity index (χ0) is 15.9. The molecule has 0 atom stereocenters. The molecule has 0 spiro atoms. The summed E-state index contributed by atoms with van der Waals surface area (Å²) < 4.78 is 0. The van der Waals surface area contributed by atoms with E-state index in [0.717, 1.165) is 23.4 Å². The molecule has 3 aromatic carbocycles. The van der Waals surface area contributed by atoms with Gasteiger partial charge in [0.05, 0.1) is 11.6 Å². The molecular weight excluding hydrogens is 280 g/mol. The maximum absolute atomic E-state index is 9.32. The maximum atomic E-state index is 9.32. The lowest BCUT2D eigenvalue weighted by atomic mass is 10.1. The fourth-order valence-corrected chi connectivity index (χ4v) is 2.65. The summed E-state index contributed by atoms with van der Waals surface area (Å²) in [7, 11) is 0. The van der Waals surface area contributed by atoms with Gasteiger partial charge < -0.3 is 4.90 Å². The minimum absolute atomic E-state index is 0.711. The van der Waals surface area contributed by atoms with E-state index in [2.05, 4.69) is 47.4 Å². The van der Waals surface area contributed by atoms with E-state index in [1.165, 1.54) is 5.56 Å². The lowest BCUT2D eigenvalue weighted by Crippen LogP contribution is -2.22. The summed E-state index contributed by atoms with van der Waals surface area (Å²) in [5, 5.41) is 9.32. The van der Waals surface area contributed by atoms with Crippen molar-refractivity contribution < 1.29 is 0 Å². The van der Waals surface area contributed by atoms with E-state index in [4.69, 9.17) is 0 Å². The summed E-state index contributed by atoms with van der Waals surface area (Å²) in [5.41, 5.74) is 4.20. The molecule has 2 heteroatoms. The van der Waals surface area contributed by atoms with Crippen molar-refractivity contribution >= 4 is 5.69 Å². The van der Waals surface area contributed by atoms with Gasteiger partial charge in [0.25, 0.3) is 0 Å². The van der Waals surface area contributed by atoms with Gasteiger partial charge in [-0.1, -0.05) is 66.7 Å². The van der Waals surface area contributed by atoms with Crippen LogP contribution < -0.4 is 4.90 Å². The van der Waals surface area contributed by atoms with Crippen LogP contribution in [0.4, 0.5) is 5.69 Å². The number of para-hydroxylation sites is 1. The second-order valence-corrected chi connectivity index (χ2v) is 5.45. The lowest BCUT2D eigenvalue weighted by Gasteiger charge is -2.25. The van der Waals surface area contributed by atoms with Crippen LogP contribution in [0.1, 0.15) is 16.7 Å². The number of hydrogen-bond donors (Lipinski definition) is 0. The molecule has 0 aliphatic carbocycles. The van der Waals surface area contributed by atoms with Crippen molar-refractivity contribution in [1.82, 2.24) is 0 Å². The van der Waals surface area contributed by atoms with E-state index < -0.39 is 0 Å². The smallest absolute Gasteiger partial charge is 0.0995 e. The van der Waals surface area contributed by atoms with Crippen molar-refractivity contribution in [2.75, 3.05) is 4.90 Å². The van der Waals surface area contributed by atoms with E-state index in [-0.39, 0.29) is 0 Å². The Labute approximate surface area is 137 Å². The average Bonchev–Trinajstić information content (AvgIpc) is 2.63. The van der Waals surface area contributed by atoms with E-state index in [0.29, 0.717) is 6.54 Å². The Morgan fingerprint density at radius 3 is 2.00 bits per heavy atom. The first-order valence-corrected chi connectivity index (χ1v) is 7.69. The molecule has 0 aliphatic rings. The van der Waals surface area contributed by atoms with Crippen molar-refractivity contribution in [3.63, 3.8) is 0 Å². The van der Waals surface area contributed by atoms with Crippen LogP contribution in [0.5, 0.6) is 0 Å². The van der Waals surface area contributed by atoms with Gasteiger partial charge in [-0.3, -0.25) is 0 Å². The molecule has 0 unspecified atom stereocenters. The lowest BCUT2D eigenvalue weighted by molar-refractivity contribution is 0.798. The predicted octanol–water partition coefficient (Wildman–Crippen LogP) is 4.77. The second kappa shape index (κ2) is 7.29. The quantitative estimate of drug-likeness (QED) is 0.678. The zero-order valence-electron chi connectivity index (χ0n) is 12.9. The maximum Gasteiger partial charge on any atom is 0.0995 e. The van der Waals surface area contributed by atoms with Gasteiger partial charge in [0.15, 0.2) is 0 Å². The fraction of sp³-hybridized carbons (Fsp3) is 0.0952. The number of rotatable bonds is 5. The van der Waals surface area contributed by atoms with Crippen LogP contribution in [0.3, 0.4) is 0 Å². The first-order chi connectivity index (χ1) is 11.4. The van der Waals surface area contributed by atoms with E-state index >= 15 is 0 Å². The van der Waals surface area contributed by atoms with Crippen molar-refractivity contribution in [2.45, 2.75) is 13.1 Å². The number of hydrogen-bond acceptors (Lipinski definition) is 2. The first-order valence-electron chi connectivity index (χ1n) is 7.69. The van der Waals surface area contributed by atoms with Crippen molar-refractivity contribution in [3.05, 3.63) is 102 Å². The predicted molar refractivity (Wildman–Crippen MR) is 93.9 cm³/mol. The van der Waals surface area contributed by atoms with Crippen LogP contribution in [0.25, 0.3) is 0 Å². The highest BCUT2D eigenvalue weighted by Crippen LogP contribution is 2.21. The van der Waals surface area contributed by atoms with Crippen LogP contribution >= 0.6 is 0 Å². The Morgan fingerprint density at radius 1 is 0.696 bits per heavy atom. The SMILES string of the molecule is N#Cc1ccccc1CN(Cc1ccccc1)c1ccccc1. The molecule has 2 nitrogen and oxygen atoms in total. The number of anilines is 1. The minimum atomic E-state index is 0.711. The van der Waals surface area contributed by atoms with E-state index in [1.54, 1.807) is 0 Å². The van der Waals surface area contributed by atoms with Crippen LogP contribution in [-0.4, -0.2) is 0 Å². The van der Waals surface area contributed by atoms with Crippen LogP contribution in [0.15, 0.2) is 84.9 Å². The highest BCUT2D eigenvalue weighted by molar-refractivity contribution is 5.49. The number of nitrogens with zero attached hydrogens (tertiary/aromatic N) is 2. The fourth-order valence-electron chi connectivity index (χ4n) is 2.65. The zero-order valence-corrected chi connectivity index (χ0v) is 12.9. The molecule has 0 N–H and O–H groups in total. The summed E-state index contributed by atoms with van der Waals surface area (Å²) in [6.07, 6.45) is 0. The van der Waals surface area contributed by atoms with Gasteiger partial charge in [-0.05, 0) is 29.3 Å². The van der Waals surface area contributed by atoms with Gasteiger partial charge in [0.2, 0.25) is 0 Å². The second-order valence-electron chi connectivity index (χ2n) is 5.45. The van der Waals surface area contributed by atoms with E-state index in [9.17, 15) is 5.26 Å². The minimum Gasteiger partial charge on any atom is -0.363 e. The summed E-state index contributed by atoms with van der Waals surface area (Å²) in [6.45, 7) is 1.52. The monoisotopic (exact) mass is 298 g/mol. The van der Waals surface area contributed by atoms with Gasteiger partial charge in [-0.25, -0.2) is 0 Å². The van der Waals surface area contributed by atoms with Crippen molar-refractivity contribution in [2.24, 2.45) is 0 Å². The molecule has 0 bridgehead atoms. The van der Waals surface area contributed by atoms with Gasteiger partial charge >= 0.3 is 0 Å². The molecule has 0 saturated carbocycles. The third-order valence-corrected chi connectivity index (χ3v) is 3.84. The Hall–Kier alpha value is -3.05. The largest absolute Gasteiger partial charge is 0.363 e. The molecule has 0 fully saturated rings. The average molecular weight is 298 g/mol. The molecule has 0 amide bonds. The van der Waals surface area contributed by atoms with E-state index in [1.807, 2.05) is 48.5 Å². The number of nitriles is 1. The molecule has 3 aromatic rings. The molecule has 0 radical (unpaired) electrons. The molecule has 0 aromatic heterocycles. The Bertz CT molecular complexity index is 789. The third kappa shape index (κ3) is 3.78. The number of benzene rings is 3. The summed E-state index contributed by atoms with van der Waals surface area (Å²) in [5.74, 6) is 0. The third-order valence-electron chi connectivity index (χ3n) is 3.84. The molecule has 0 saturated heterocycles. The summed E-state index contributed by atoms with van der Waals surface area (Å²) in [6, 6.07) is 30.8. The van der Waals surface area contributed by atoms with Gasteiger partial charge in [0, 0.05) is 18.8 Å². The molecule has 23 heavy (non-hydrogen) atoms. The van der Waals surface area contributed by atoms with Crippen LogP contribution in [0.2, 0.25) is 0 Å². The Morgan fingerprint density at radius 2 is 1.30 bits per heavy atom. The molecule has 3 rings (SSSR count). The highest BCUT2D eigenvalue weighted by Gasteiger charge is 2.10. The summed E-state index contributed by atoms with van der Waals surface area (Å²) >= 11 is 0. The standard InChI is InChI=1S/C21H18N2/c22-15-19-11-7-8-12-20(19)17-23(21-13-5-2-6-14-21)16-18-9-3-1-4-10-18/h1-14H,16-17H2. The molecule has 112 valence electrons. The Kier molecular flexibility index (Phi) is 4.71. The highest BCUT2D eigenvalue weighted by atomic mass is 15.1. The van der Waals surface area contributed by atoms with Gasteiger partial charge in [-0.15, -0.1) is 0 Å². The molecule has 0 heterocycles. The molecular formula is C21H18N2. The van der Waals surface area contributed by atoms with Crippen LogP contribution in [0, 0.1) is 11.3 Å². The van der Waals surface area contributed by atoms with Crippen molar-refractivity contribution in [3.8, 4) is 6.07 Å². The van der Waals surface area contributed by atoms with Crippen molar-refractivity contribution in [1.29, 1.82) is 5.26 Å². The normalized spacial score (nSPS) is 10.0.